The number of aryl methyl sites for hydroxylation is 1. The fraction of sp³-hybridized carbons (Fsp3) is 0.194. The topological polar surface area (TPSA) is 40.5 Å². The van der Waals surface area contributed by atoms with Crippen molar-refractivity contribution in [3.63, 3.8) is 0 Å². The molecule has 182 valence electrons. The minimum atomic E-state index is -0.789. The number of hydrogen-bond donors (Lipinski definition) is 1. The van der Waals surface area contributed by atoms with Crippen LogP contribution in [0.3, 0.4) is 0 Å². The molecular formula is C31H27F2NO2. The number of carbonyl (C=O) groups excluding carboxylic acids is 1. The summed E-state index contributed by atoms with van der Waals surface area (Å²) in [5.74, 6) is -1.09. The minimum absolute atomic E-state index is 0.0549. The summed E-state index contributed by atoms with van der Waals surface area (Å²) in [6.07, 6.45) is 0.0545. The van der Waals surface area contributed by atoms with Crippen LogP contribution in [0.5, 0.6) is 0 Å². The summed E-state index contributed by atoms with van der Waals surface area (Å²) in [5.41, 5.74) is 5.65. The van der Waals surface area contributed by atoms with Gasteiger partial charge < -0.3 is 10.0 Å². The first kappa shape index (κ1) is 23.9. The Morgan fingerprint density at radius 2 is 1.47 bits per heavy atom. The third-order valence-corrected chi connectivity index (χ3v) is 6.93. The van der Waals surface area contributed by atoms with Crippen LogP contribution in [-0.2, 0) is 4.79 Å². The smallest absolute Gasteiger partial charge is 0.233 e. The molecule has 1 aliphatic heterocycles. The molecule has 0 aliphatic carbocycles. The molecule has 1 heterocycles. The van der Waals surface area contributed by atoms with Crippen LogP contribution in [0.25, 0.3) is 11.1 Å². The van der Waals surface area contributed by atoms with Gasteiger partial charge in [0.15, 0.2) is 0 Å². The molecule has 0 aromatic heterocycles. The van der Waals surface area contributed by atoms with Crippen LogP contribution in [0.2, 0.25) is 0 Å². The molecule has 5 rings (SSSR count). The molecule has 1 amide bonds. The van der Waals surface area contributed by atoms with Crippen molar-refractivity contribution in [2.24, 2.45) is 5.92 Å². The van der Waals surface area contributed by atoms with Crippen molar-refractivity contribution in [3.8, 4) is 11.1 Å². The van der Waals surface area contributed by atoms with Crippen LogP contribution in [0.1, 0.15) is 41.7 Å². The molecule has 1 N–H and O–H groups in total. The predicted molar refractivity (Wildman–Crippen MR) is 137 cm³/mol. The van der Waals surface area contributed by atoms with E-state index in [0.717, 1.165) is 16.7 Å². The number of benzene rings is 4. The van der Waals surface area contributed by atoms with Gasteiger partial charge in [-0.3, -0.25) is 4.79 Å². The molecule has 5 heteroatoms. The number of hydrogen-bond acceptors (Lipinski definition) is 2. The normalized spacial score (nSPS) is 18.1. The van der Waals surface area contributed by atoms with E-state index in [9.17, 15) is 18.7 Å². The highest BCUT2D eigenvalue weighted by atomic mass is 19.1. The number of aliphatic hydroxyl groups excluding tert-OH is 1. The maximum atomic E-state index is 13.5. The van der Waals surface area contributed by atoms with Crippen LogP contribution in [0.15, 0.2) is 97.1 Å². The molecule has 0 saturated carbocycles. The summed E-state index contributed by atoms with van der Waals surface area (Å²) in [5, 5.41) is 10.6. The van der Waals surface area contributed by atoms with Crippen LogP contribution < -0.4 is 4.90 Å². The van der Waals surface area contributed by atoms with Gasteiger partial charge in [-0.05, 0) is 78.4 Å². The van der Waals surface area contributed by atoms with Gasteiger partial charge in [-0.15, -0.1) is 0 Å². The molecule has 4 aromatic rings. The Balaban J connectivity index is 1.40. The molecule has 0 spiro atoms. The highest BCUT2D eigenvalue weighted by Gasteiger charge is 2.48. The van der Waals surface area contributed by atoms with Crippen molar-refractivity contribution >= 4 is 11.6 Å². The molecule has 36 heavy (non-hydrogen) atoms. The van der Waals surface area contributed by atoms with Gasteiger partial charge in [-0.1, -0.05) is 66.2 Å². The van der Waals surface area contributed by atoms with E-state index in [-0.39, 0.29) is 29.5 Å². The number of β-lactam (4-membered cyclic amide) rings is 1. The average Bonchev–Trinajstić information content (AvgIpc) is 2.89. The number of halogens is 2. The fourth-order valence-corrected chi connectivity index (χ4v) is 4.99. The Morgan fingerprint density at radius 3 is 2.11 bits per heavy atom. The van der Waals surface area contributed by atoms with Crippen molar-refractivity contribution in [3.05, 3.63) is 125 Å². The molecule has 0 radical (unpaired) electrons. The number of anilines is 1. The first-order chi connectivity index (χ1) is 17.4. The Hall–Kier alpha value is -3.83. The second kappa shape index (κ2) is 10.0. The van der Waals surface area contributed by atoms with Crippen molar-refractivity contribution in [2.45, 2.75) is 31.9 Å². The van der Waals surface area contributed by atoms with E-state index in [1.165, 1.54) is 29.8 Å². The van der Waals surface area contributed by atoms with Crippen LogP contribution in [-0.4, -0.2) is 11.0 Å². The van der Waals surface area contributed by atoms with E-state index in [4.69, 9.17) is 0 Å². The second-order valence-electron chi connectivity index (χ2n) is 9.37. The van der Waals surface area contributed by atoms with Crippen molar-refractivity contribution < 1.29 is 18.7 Å². The van der Waals surface area contributed by atoms with Gasteiger partial charge in [0.2, 0.25) is 5.91 Å². The maximum Gasteiger partial charge on any atom is 0.233 e. The van der Waals surface area contributed by atoms with Gasteiger partial charge in [0, 0.05) is 5.69 Å². The van der Waals surface area contributed by atoms with Crippen LogP contribution in [0, 0.1) is 24.5 Å². The molecule has 1 aliphatic rings. The summed E-state index contributed by atoms with van der Waals surface area (Å²) in [4.78, 5) is 15.0. The highest BCUT2D eigenvalue weighted by Crippen LogP contribution is 2.46. The third-order valence-electron chi connectivity index (χ3n) is 6.93. The van der Waals surface area contributed by atoms with Crippen LogP contribution in [0.4, 0.5) is 14.5 Å². The summed E-state index contributed by atoms with van der Waals surface area (Å²) in [6.45, 7) is 2.06. The lowest BCUT2D eigenvalue weighted by molar-refractivity contribution is -0.131. The zero-order valence-corrected chi connectivity index (χ0v) is 19.9. The molecule has 2 unspecified atom stereocenters. The SMILES string of the molecule is Cc1cccc(-c2ccc(C3C(CC[C@H](O)c4ccc(F)cc4)C(=O)N3c3ccc(F)cc3)cc2)c1. The van der Waals surface area contributed by atoms with Gasteiger partial charge in [0.25, 0.3) is 0 Å². The monoisotopic (exact) mass is 483 g/mol. The maximum absolute atomic E-state index is 13.5. The lowest BCUT2D eigenvalue weighted by Gasteiger charge is -2.48. The summed E-state index contributed by atoms with van der Waals surface area (Å²) < 4.78 is 26.8. The molecular weight excluding hydrogens is 456 g/mol. The quantitative estimate of drug-likeness (QED) is 0.283. The van der Waals surface area contributed by atoms with E-state index >= 15 is 0 Å². The zero-order chi connectivity index (χ0) is 25.2. The number of rotatable bonds is 7. The van der Waals surface area contributed by atoms with E-state index < -0.39 is 6.10 Å². The van der Waals surface area contributed by atoms with Crippen molar-refractivity contribution in [1.29, 1.82) is 0 Å². The minimum Gasteiger partial charge on any atom is -0.388 e. The van der Waals surface area contributed by atoms with Gasteiger partial charge in [0.05, 0.1) is 18.1 Å². The van der Waals surface area contributed by atoms with E-state index in [0.29, 0.717) is 24.1 Å². The molecule has 0 bridgehead atoms. The average molecular weight is 484 g/mol. The third kappa shape index (κ3) is 4.79. The summed E-state index contributed by atoms with van der Waals surface area (Å²) in [7, 11) is 0. The largest absolute Gasteiger partial charge is 0.388 e. The first-order valence-corrected chi connectivity index (χ1v) is 12.1. The Labute approximate surface area is 209 Å². The molecule has 3 nitrogen and oxygen atoms in total. The summed E-state index contributed by atoms with van der Waals surface area (Å²) in [6, 6.07) is 28.0. The predicted octanol–water partition coefficient (Wildman–Crippen LogP) is 7.16. The zero-order valence-electron chi connectivity index (χ0n) is 19.9. The van der Waals surface area contributed by atoms with Crippen molar-refractivity contribution in [1.82, 2.24) is 0 Å². The molecule has 4 aromatic carbocycles. The number of aliphatic hydroxyl groups is 1. The van der Waals surface area contributed by atoms with Crippen LogP contribution >= 0.6 is 0 Å². The lowest BCUT2D eigenvalue weighted by atomic mass is 9.78. The van der Waals surface area contributed by atoms with Gasteiger partial charge in [0.1, 0.15) is 11.6 Å². The lowest BCUT2D eigenvalue weighted by Crippen LogP contribution is -2.55. The van der Waals surface area contributed by atoms with Gasteiger partial charge >= 0.3 is 0 Å². The fourth-order valence-electron chi connectivity index (χ4n) is 4.99. The number of amides is 1. The van der Waals surface area contributed by atoms with E-state index in [1.807, 2.05) is 18.2 Å². The number of carbonyl (C=O) groups is 1. The Morgan fingerprint density at radius 1 is 0.833 bits per heavy atom. The number of nitrogens with zero attached hydrogens (tertiary/aromatic N) is 1. The Bertz CT molecular complexity index is 1350. The molecule has 1 saturated heterocycles. The standard InChI is InChI=1S/C31H27F2NO2/c1-20-3-2-4-24(19-20)21-5-7-23(8-6-21)30-28(17-18-29(35)22-9-11-25(32)12-10-22)31(36)34(30)27-15-13-26(33)14-16-27/h2-16,19,28-30,35H,17-18H2,1H3/t28?,29-,30?/m0/s1. The summed E-state index contributed by atoms with van der Waals surface area (Å²) >= 11 is 0. The molecule has 1 fully saturated rings. The van der Waals surface area contributed by atoms with Gasteiger partial charge in [-0.2, -0.15) is 0 Å². The Kier molecular flexibility index (Phi) is 6.66. The first-order valence-electron chi connectivity index (χ1n) is 12.1. The highest BCUT2D eigenvalue weighted by molar-refractivity contribution is 6.03. The second-order valence-corrected chi connectivity index (χ2v) is 9.37. The van der Waals surface area contributed by atoms with E-state index in [2.05, 4.69) is 37.3 Å². The molecule has 3 atom stereocenters. The van der Waals surface area contributed by atoms with E-state index in [1.54, 1.807) is 29.2 Å². The van der Waals surface area contributed by atoms with Gasteiger partial charge in [-0.25, -0.2) is 8.78 Å². The van der Waals surface area contributed by atoms with Crippen molar-refractivity contribution in [2.75, 3.05) is 4.90 Å².